The molecule has 0 bridgehead atoms. The molecule has 118 valence electrons. The molecule has 0 saturated heterocycles. The number of aliphatic hydroxyl groups excluding tert-OH is 1. The van der Waals surface area contributed by atoms with Crippen molar-refractivity contribution in [2.45, 2.75) is 26.2 Å². The maximum atomic E-state index is 9.29. The molecule has 22 heavy (non-hydrogen) atoms. The van der Waals surface area contributed by atoms with Crippen LogP contribution in [0, 0.1) is 0 Å². The summed E-state index contributed by atoms with van der Waals surface area (Å²) >= 11 is 0. The van der Waals surface area contributed by atoms with Gasteiger partial charge in [-0.2, -0.15) is 0 Å². The fraction of sp³-hybridized carbons (Fsp3) is 0.389. The van der Waals surface area contributed by atoms with Gasteiger partial charge in [-0.3, -0.25) is 4.98 Å². The van der Waals surface area contributed by atoms with Gasteiger partial charge in [-0.05, 0) is 35.7 Å². The van der Waals surface area contributed by atoms with E-state index in [1.54, 1.807) is 13.3 Å². The zero-order valence-corrected chi connectivity index (χ0v) is 13.4. The van der Waals surface area contributed by atoms with E-state index < -0.39 is 0 Å². The average Bonchev–Trinajstić information content (AvgIpc) is 2.59. The first-order valence-electron chi connectivity index (χ1n) is 7.56. The highest BCUT2D eigenvalue weighted by atomic mass is 16.5. The average molecular weight is 301 g/mol. The highest BCUT2D eigenvalue weighted by Gasteiger charge is 2.10. The van der Waals surface area contributed by atoms with Gasteiger partial charge in [0.25, 0.3) is 0 Å². The second kappa shape index (κ2) is 7.80. The first kappa shape index (κ1) is 16.3. The number of hydrogen-bond donors (Lipinski definition) is 1. The fourth-order valence-electron chi connectivity index (χ4n) is 2.17. The number of nitrogens with zero attached hydrogens (tertiary/aromatic N) is 1. The van der Waals surface area contributed by atoms with Gasteiger partial charge < -0.3 is 14.6 Å². The monoisotopic (exact) mass is 301 g/mol. The third kappa shape index (κ3) is 3.77. The number of pyridine rings is 1. The standard InChI is InChI=1S/C18H23NO3/c1-4-7-22-18-9-14(5-6-17(18)21-3)16-8-15(10-19-11-16)13(2)12-20/h5-6,8-11,13,20H,4,7,12H2,1-3H3/t13-/m0/s1. The molecule has 0 aliphatic rings. The van der Waals surface area contributed by atoms with Gasteiger partial charge >= 0.3 is 0 Å². The van der Waals surface area contributed by atoms with Crippen LogP contribution in [0.2, 0.25) is 0 Å². The Balaban J connectivity index is 2.35. The molecule has 2 aromatic rings. The van der Waals surface area contributed by atoms with Crippen LogP contribution in [0.5, 0.6) is 11.5 Å². The summed E-state index contributed by atoms with van der Waals surface area (Å²) in [6.07, 6.45) is 4.56. The molecule has 0 fully saturated rings. The van der Waals surface area contributed by atoms with E-state index in [1.807, 2.05) is 31.3 Å². The second-order valence-electron chi connectivity index (χ2n) is 5.30. The lowest BCUT2D eigenvalue weighted by molar-refractivity contribution is 0.273. The van der Waals surface area contributed by atoms with E-state index in [0.717, 1.165) is 34.6 Å². The van der Waals surface area contributed by atoms with Crippen LogP contribution in [-0.4, -0.2) is 30.4 Å². The molecule has 2 rings (SSSR count). The Hall–Kier alpha value is -2.07. The van der Waals surface area contributed by atoms with Crippen molar-refractivity contribution in [3.8, 4) is 22.6 Å². The summed E-state index contributed by atoms with van der Waals surface area (Å²) in [5.74, 6) is 1.54. The van der Waals surface area contributed by atoms with Crippen LogP contribution in [0.4, 0.5) is 0 Å². The van der Waals surface area contributed by atoms with Crippen LogP contribution in [0.25, 0.3) is 11.1 Å². The summed E-state index contributed by atoms with van der Waals surface area (Å²) in [6, 6.07) is 7.92. The molecule has 0 radical (unpaired) electrons. The number of benzene rings is 1. The molecule has 1 atom stereocenters. The fourth-order valence-corrected chi connectivity index (χ4v) is 2.17. The SMILES string of the molecule is CCCOc1cc(-c2cncc([C@@H](C)CO)c2)ccc1OC. The maximum absolute atomic E-state index is 9.29. The van der Waals surface area contributed by atoms with Crippen LogP contribution in [-0.2, 0) is 0 Å². The van der Waals surface area contributed by atoms with E-state index in [1.165, 1.54) is 0 Å². The molecule has 1 heterocycles. The summed E-state index contributed by atoms with van der Waals surface area (Å²) in [7, 11) is 1.64. The molecule has 0 saturated carbocycles. The van der Waals surface area contributed by atoms with E-state index in [4.69, 9.17) is 9.47 Å². The molecule has 1 N–H and O–H groups in total. The smallest absolute Gasteiger partial charge is 0.161 e. The molecule has 1 aromatic carbocycles. The summed E-state index contributed by atoms with van der Waals surface area (Å²) < 4.78 is 11.1. The number of hydrogen-bond acceptors (Lipinski definition) is 4. The Kier molecular flexibility index (Phi) is 5.78. The van der Waals surface area contributed by atoms with Crippen molar-refractivity contribution >= 4 is 0 Å². The lowest BCUT2D eigenvalue weighted by atomic mass is 9.99. The third-order valence-electron chi connectivity index (χ3n) is 3.56. The molecular formula is C18H23NO3. The van der Waals surface area contributed by atoms with Gasteiger partial charge in [0.1, 0.15) is 0 Å². The minimum atomic E-state index is 0.0708. The Morgan fingerprint density at radius 1 is 1.14 bits per heavy atom. The first-order chi connectivity index (χ1) is 10.7. The normalized spacial score (nSPS) is 12.0. The highest BCUT2D eigenvalue weighted by Crippen LogP contribution is 2.33. The van der Waals surface area contributed by atoms with Crippen LogP contribution in [0.3, 0.4) is 0 Å². The molecule has 4 heteroatoms. The van der Waals surface area contributed by atoms with Gasteiger partial charge in [-0.1, -0.05) is 19.9 Å². The predicted molar refractivity (Wildman–Crippen MR) is 87.5 cm³/mol. The van der Waals surface area contributed by atoms with Crippen LogP contribution in [0.1, 0.15) is 31.7 Å². The zero-order chi connectivity index (χ0) is 15.9. The van der Waals surface area contributed by atoms with Crippen molar-refractivity contribution in [2.24, 2.45) is 0 Å². The highest BCUT2D eigenvalue weighted by molar-refractivity contribution is 5.67. The second-order valence-corrected chi connectivity index (χ2v) is 5.30. The Morgan fingerprint density at radius 2 is 1.95 bits per heavy atom. The van der Waals surface area contributed by atoms with Gasteiger partial charge in [0.05, 0.1) is 13.7 Å². The van der Waals surface area contributed by atoms with Gasteiger partial charge in [0.15, 0.2) is 11.5 Å². The third-order valence-corrected chi connectivity index (χ3v) is 3.56. The first-order valence-corrected chi connectivity index (χ1v) is 7.56. The van der Waals surface area contributed by atoms with Crippen LogP contribution < -0.4 is 9.47 Å². The summed E-state index contributed by atoms with van der Waals surface area (Å²) in [5.41, 5.74) is 3.04. The molecule has 4 nitrogen and oxygen atoms in total. The molecule has 0 unspecified atom stereocenters. The molecule has 0 aliphatic heterocycles. The minimum Gasteiger partial charge on any atom is -0.493 e. The van der Waals surface area contributed by atoms with E-state index >= 15 is 0 Å². The van der Waals surface area contributed by atoms with E-state index in [0.29, 0.717) is 6.61 Å². The van der Waals surface area contributed by atoms with Crippen molar-refractivity contribution < 1.29 is 14.6 Å². The molecule has 0 aliphatic carbocycles. The van der Waals surface area contributed by atoms with Crippen molar-refractivity contribution in [1.82, 2.24) is 4.98 Å². The number of ether oxygens (including phenoxy) is 2. The Labute approximate surface area is 131 Å². The van der Waals surface area contributed by atoms with Gasteiger partial charge in [-0.25, -0.2) is 0 Å². The quantitative estimate of drug-likeness (QED) is 0.848. The zero-order valence-electron chi connectivity index (χ0n) is 13.4. The van der Waals surface area contributed by atoms with Gasteiger partial charge in [0.2, 0.25) is 0 Å². The Bertz CT molecular complexity index is 613. The van der Waals surface area contributed by atoms with Gasteiger partial charge in [0, 0.05) is 30.5 Å². The van der Waals surface area contributed by atoms with E-state index in [2.05, 4.69) is 18.0 Å². The summed E-state index contributed by atoms with van der Waals surface area (Å²) in [6.45, 7) is 4.81. The number of aromatic nitrogens is 1. The largest absolute Gasteiger partial charge is 0.493 e. The Morgan fingerprint density at radius 3 is 2.64 bits per heavy atom. The van der Waals surface area contributed by atoms with Crippen LogP contribution >= 0.6 is 0 Å². The van der Waals surface area contributed by atoms with Crippen LogP contribution in [0.15, 0.2) is 36.7 Å². The summed E-state index contributed by atoms with van der Waals surface area (Å²) in [5, 5.41) is 9.29. The predicted octanol–water partition coefficient (Wildman–Crippen LogP) is 3.64. The number of methoxy groups -OCH3 is 1. The van der Waals surface area contributed by atoms with E-state index in [-0.39, 0.29) is 12.5 Å². The molecular weight excluding hydrogens is 278 g/mol. The van der Waals surface area contributed by atoms with Crippen molar-refractivity contribution in [2.75, 3.05) is 20.3 Å². The van der Waals surface area contributed by atoms with Gasteiger partial charge in [-0.15, -0.1) is 0 Å². The molecule has 1 aromatic heterocycles. The van der Waals surface area contributed by atoms with Crippen molar-refractivity contribution in [3.63, 3.8) is 0 Å². The number of aliphatic hydroxyl groups is 1. The van der Waals surface area contributed by atoms with E-state index in [9.17, 15) is 5.11 Å². The topological polar surface area (TPSA) is 51.6 Å². The number of rotatable bonds is 7. The molecule has 0 spiro atoms. The van der Waals surface area contributed by atoms with Crippen molar-refractivity contribution in [3.05, 3.63) is 42.2 Å². The lowest BCUT2D eigenvalue weighted by Gasteiger charge is -2.13. The maximum Gasteiger partial charge on any atom is 0.161 e. The summed E-state index contributed by atoms with van der Waals surface area (Å²) in [4.78, 5) is 4.28. The lowest BCUT2D eigenvalue weighted by Crippen LogP contribution is -2.00. The molecule has 0 amide bonds. The van der Waals surface area contributed by atoms with Crippen molar-refractivity contribution in [1.29, 1.82) is 0 Å². The minimum absolute atomic E-state index is 0.0708.